The lowest BCUT2D eigenvalue weighted by atomic mass is 10.1. The molecular formula is C14H15BrN2O2. The third kappa shape index (κ3) is 3.04. The molecule has 0 aliphatic rings. The minimum absolute atomic E-state index is 0.428. The van der Waals surface area contributed by atoms with E-state index in [9.17, 15) is 4.79 Å². The lowest BCUT2D eigenvalue weighted by Crippen LogP contribution is -2.29. The van der Waals surface area contributed by atoms with Crippen LogP contribution in [0.3, 0.4) is 0 Å². The molecule has 1 N–H and O–H groups in total. The first-order chi connectivity index (χ1) is 8.99. The highest BCUT2D eigenvalue weighted by atomic mass is 79.9. The first-order valence-corrected chi connectivity index (χ1v) is 6.76. The second-order valence-electron chi connectivity index (χ2n) is 4.62. The molecule has 0 aliphatic heterocycles. The molecule has 1 heterocycles. The zero-order valence-electron chi connectivity index (χ0n) is 10.8. The number of nitrogens with zero attached hydrogens (tertiary/aromatic N) is 2. The summed E-state index contributed by atoms with van der Waals surface area (Å²) in [6.07, 6.45) is 1.74. The van der Waals surface area contributed by atoms with Crippen LogP contribution in [-0.4, -0.2) is 29.7 Å². The average Bonchev–Trinajstić information content (AvgIpc) is 2.37. The van der Waals surface area contributed by atoms with Gasteiger partial charge in [-0.2, -0.15) is 0 Å². The van der Waals surface area contributed by atoms with Gasteiger partial charge in [0, 0.05) is 29.6 Å². The third-order valence-electron chi connectivity index (χ3n) is 3.04. The van der Waals surface area contributed by atoms with Crippen LogP contribution in [0.4, 0.5) is 5.82 Å². The predicted molar refractivity (Wildman–Crippen MR) is 79.5 cm³/mol. The smallest absolute Gasteiger partial charge is 0.308 e. The molecule has 1 aromatic carbocycles. The summed E-state index contributed by atoms with van der Waals surface area (Å²) in [4.78, 5) is 17.2. The van der Waals surface area contributed by atoms with Crippen LogP contribution in [0.1, 0.15) is 6.92 Å². The number of hydrogen-bond donors (Lipinski definition) is 1. The molecule has 0 aliphatic carbocycles. The molecular weight excluding hydrogens is 308 g/mol. The summed E-state index contributed by atoms with van der Waals surface area (Å²) in [6, 6.07) is 7.92. The van der Waals surface area contributed by atoms with Crippen molar-refractivity contribution in [3.05, 3.63) is 34.9 Å². The van der Waals surface area contributed by atoms with E-state index in [-0.39, 0.29) is 0 Å². The summed E-state index contributed by atoms with van der Waals surface area (Å²) in [5.41, 5.74) is 0. The summed E-state index contributed by atoms with van der Waals surface area (Å²) in [6.45, 7) is 2.12. The molecule has 1 atom stereocenters. The molecule has 0 bridgehead atoms. The Morgan fingerprint density at radius 3 is 2.89 bits per heavy atom. The maximum absolute atomic E-state index is 10.9. The molecule has 0 fully saturated rings. The van der Waals surface area contributed by atoms with Crippen LogP contribution >= 0.6 is 15.9 Å². The van der Waals surface area contributed by atoms with E-state index in [4.69, 9.17) is 5.11 Å². The Morgan fingerprint density at radius 1 is 1.47 bits per heavy atom. The van der Waals surface area contributed by atoms with E-state index in [1.165, 1.54) is 0 Å². The van der Waals surface area contributed by atoms with Gasteiger partial charge in [-0.15, -0.1) is 0 Å². The van der Waals surface area contributed by atoms with Crippen molar-refractivity contribution in [2.24, 2.45) is 5.92 Å². The minimum atomic E-state index is -0.796. The minimum Gasteiger partial charge on any atom is -0.481 e. The number of rotatable bonds is 4. The van der Waals surface area contributed by atoms with Crippen molar-refractivity contribution in [1.82, 2.24) is 4.98 Å². The maximum atomic E-state index is 10.9. The molecule has 0 radical (unpaired) electrons. The van der Waals surface area contributed by atoms with Gasteiger partial charge in [-0.1, -0.05) is 22.9 Å². The van der Waals surface area contributed by atoms with Gasteiger partial charge in [0.2, 0.25) is 0 Å². The van der Waals surface area contributed by atoms with E-state index >= 15 is 0 Å². The topological polar surface area (TPSA) is 53.4 Å². The Morgan fingerprint density at radius 2 is 2.21 bits per heavy atom. The van der Waals surface area contributed by atoms with Gasteiger partial charge in [0.05, 0.1) is 5.92 Å². The largest absolute Gasteiger partial charge is 0.481 e. The highest BCUT2D eigenvalue weighted by Crippen LogP contribution is 2.26. The Bertz CT molecular complexity index is 615. The molecule has 0 amide bonds. The number of aliphatic carboxylic acids is 1. The third-order valence-corrected chi connectivity index (χ3v) is 3.53. The molecule has 100 valence electrons. The number of aromatic nitrogens is 1. The molecule has 0 saturated carbocycles. The van der Waals surface area contributed by atoms with Crippen molar-refractivity contribution in [2.45, 2.75) is 6.92 Å². The number of hydrogen-bond acceptors (Lipinski definition) is 3. The van der Waals surface area contributed by atoms with Gasteiger partial charge in [-0.05, 0) is 29.7 Å². The van der Waals surface area contributed by atoms with Gasteiger partial charge in [-0.25, -0.2) is 4.98 Å². The van der Waals surface area contributed by atoms with E-state index in [1.54, 1.807) is 13.1 Å². The number of anilines is 1. The molecule has 1 aromatic heterocycles. The van der Waals surface area contributed by atoms with Crippen molar-refractivity contribution in [2.75, 3.05) is 18.5 Å². The quantitative estimate of drug-likeness (QED) is 0.939. The SMILES string of the molecule is CC(CN(C)c1nccc2cc(Br)ccc12)C(=O)O. The normalized spacial score (nSPS) is 12.4. The lowest BCUT2D eigenvalue weighted by molar-refractivity contribution is -0.140. The zero-order valence-corrected chi connectivity index (χ0v) is 12.4. The molecule has 4 nitrogen and oxygen atoms in total. The van der Waals surface area contributed by atoms with E-state index < -0.39 is 11.9 Å². The van der Waals surface area contributed by atoms with E-state index in [1.807, 2.05) is 36.2 Å². The van der Waals surface area contributed by atoms with Crippen LogP contribution in [0.15, 0.2) is 34.9 Å². The molecule has 2 rings (SSSR count). The molecule has 2 aromatic rings. The average molecular weight is 323 g/mol. The summed E-state index contributed by atoms with van der Waals surface area (Å²) >= 11 is 3.44. The summed E-state index contributed by atoms with van der Waals surface area (Å²) < 4.78 is 1.01. The standard InChI is InChI=1S/C14H15BrN2O2/c1-9(14(18)19)8-17(2)13-12-4-3-11(15)7-10(12)5-6-16-13/h3-7,9H,8H2,1-2H3,(H,18,19). The predicted octanol–water partition coefficient (Wildman–Crippen LogP) is 3.15. The number of pyridine rings is 1. The van der Waals surface area contributed by atoms with Gasteiger partial charge in [-0.3, -0.25) is 4.79 Å². The zero-order chi connectivity index (χ0) is 14.0. The Hall–Kier alpha value is -1.62. The Kier molecular flexibility index (Phi) is 4.04. The van der Waals surface area contributed by atoms with Gasteiger partial charge >= 0.3 is 5.97 Å². The van der Waals surface area contributed by atoms with Crippen molar-refractivity contribution in [3.8, 4) is 0 Å². The number of carboxylic acid groups (broad SMARTS) is 1. The Balaban J connectivity index is 2.36. The van der Waals surface area contributed by atoms with Crippen molar-refractivity contribution < 1.29 is 9.90 Å². The molecule has 1 unspecified atom stereocenters. The Labute approximate surface area is 120 Å². The summed E-state index contributed by atoms with van der Waals surface area (Å²) in [5.74, 6) is -0.426. The van der Waals surface area contributed by atoms with Crippen LogP contribution in [0.5, 0.6) is 0 Å². The molecule has 0 saturated heterocycles. The first kappa shape index (κ1) is 13.8. The van der Waals surface area contributed by atoms with Gasteiger partial charge in [0.1, 0.15) is 5.82 Å². The van der Waals surface area contributed by atoms with Crippen molar-refractivity contribution in [1.29, 1.82) is 0 Å². The number of carbonyl (C=O) groups is 1. The van der Waals surface area contributed by atoms with Gasteiger partial charge in [0.25, 0.3) is 0 Å². The molecule has 19 heavy (non-hydrogen) atoms. The van der Waals surface area contributed by atoms with Crippen molar-refractivity contribution >= 4 is 38.5 Å². The fraction of sp³-hybridized carbons (Fsp3) is 0.286. The fourth-order valence-corrected chi connectivity index (χ4v) is 2.39. The molecule has 5 heteroatoms. The van der Waals surface area contributed by atoms with Gasteiger partial charge in [0.15, 0.2) is 0 Å². The second kappa shape index (κ2) is 5.57. The van der Waals surface area contributed by atoms with E-state index in [0.717, 1.165) is 21.1 Å². The molecule has 0 spiro atoms. The maximum Gasteiger partial charge on any atom is 0.308 e. The van der Waals surface area contributed by atoms with Gasteiger partial charge < -0.3 is 10.0 Å². The lowest BCUT2D eigenvalue weighted by Gasteiger charge is -2.21. The van der Waals surface area contributed by atoms with Crippen LogP contribution in [0, 0.1) is 5.92 Å². The number of fused-ring (bicyclic) bond motifs is 1. The summed E-state index contributed by atoms with van der Waals surface area (Å²) in [7, 11) is 1.86. The highest BCUT2D eigenvalue weighted by Gasteiger charge is 2.16. The van der Waals surface area contributed by atoms with E-state index in [2.05, 4.69) is 20.9 Å². The number of benzene rings is 1. The van der Waals surface area contributed by atoms with Crippen molar-refractivity contribution in [3.63, 3.8) is 0 Å². The van der Waals surface area contributed by atoms with Crippen LogP contribution in [0.25, 0.3) is 10.8 Å². The monoisotopic (exact) mass is 322 g/mol. The van der Waals surface area contributed by atoms with Crippen LogP contribution < -0.4 is 4.90 Å². The fourth-order valence-electron chi connectivity index (χ4n) is 2.01. The summed E-state index contributed by atoms with van der Waals surface area (Å²) in [5, 5.41) is 11.1. The second-order valence-corrected chi connectivity index (χ2v) is 5.54. The number of halogens is 1. The number of carboxylic acids is 1. The first-order valence-electron chi connectivity index (χ1n) is 5.97. The van der Waals surface area contributed by atoms with Crippen LogP contribution in [0.2, 0.25) is 0 Å². The van der Waals surface area contributed by atoms with E-state index in [0.29, 0.717) is 6.54 Å². The highest BCUT2D eigenvalue weighted by molar-refractivity contribution is 9.10. The van der Waals surface area contributed by atoms with Crippen LogP contribution in [-0.2, 0) is 4.79 Å².